The van der Waals surface area contributed by atoms with Crippen LogP contribution in [0, 0.1) is 0 Å². The number of alkyl halides is 3. The molecule has 0 saturated heterocycles. The van der Waals surface area contributed by atoms with Crippen molar-refractivity contribution in [2.24, 2.45) is 0 Å². The third kappa shape index (κ3) is 2.54. The van der Waals surface area contributed by atoms with Crippen molar-refractivity contribution in [2.75, 3.05) is 5.73 Å². The van der Waals surface area contributed by atoms with Crippen LogP contribution in [-0.2, 0) is 6.18 Å². The van der Waals surface area contributed by atoms with E-state index >= 15 is 0 Å². The van der Waals surface area contributed by atoms with E-state index < -0.39 is 11.7 Å². The SMILES string of the molecule is Nc1cc(Cl)ccc1-c1nc2cc(C(F)(F)F)ccc2o1. The van der Waals surface area contributed by atoms with Crippen LogP contribution in [0.2, 0.25) is 5.02 Å². The number of hydrogen-bond acceptors (Lipinski definition) is 3. The Balaban J connectivity index is 2.13. The zero-order valence-electron chi connectivity index (χ0n) is 10.4. The zero-order valence-corrected chi connectivity index (χ0v) is 11.2. The molecule has 108 valence electrons. The number of nitrogen functional groups attached to an aromatic ring is 1. The molecule has 0 aliphatic carbocycles. The molecule has 0 spiro atoms. The van der Waals surface area contributed by atoms with Crippen molar-refractivity contribution in [2.45, 2.75) is 6.18 Å². The molecule has 0 radical (unpaired) electrons. The fourth-order valence-corrected chi connectivity index (χ4v) is 2.13. The van der Waals surface area contributed by atoms with Crippen molar-refractivity contribution >= 4 is 28.4 Å². The maximum absolute atomic E-state index is 12.7. The van der Waals surface area contributed by atoms with Crippen LogP contribution >= 0.6 is 11.6 Å². The smallest absolute Gasteiger partial charge is 0.416 e. The number of oxazole rings is 1. The van der Waals surface area contributed by atoms with Crippen LogP contribution in [0.4, 0.5) is 18.9 Å². The number of aromatic nitrogens is 1. The summed E-state index contributed by atoms with van der Waals surface area (Å²) in [5.41, 5.74) is 6.22. The van der Waals surface area contributed by atoms with E-state index in [1.54, 1.807) is 12.1 Å². The third-order valence-corrected chi connectivity index (χ3v) is 3.19. The predicted molar refractivity (Wildman–Crippen MR) is 73.9 cm³/mol. The number of nitrogens with two attached hydrogens (primary N) is 1. The molecule has 0 aliphatic rings. The summed E-state index contributed by atoms with van der Waals surface area (Å²) < 4.78 is 43.4. The van der Waals surface area contributed by atoms with E-state index in [4.69, 9.17) is 21.8 Å². The monoisotopic (exact) mass is 312 g/mol. The van der Waals surface area contributed by atoms with Crippen LogP contribution in [0.15, 0.2) is 40.8 Å². The maximum Gasteiger partial charge on any atom is 0.416 e. The van der Waals surface area contributed by atoms with Crippen LogP contribution in [-0.4, -0.2) is 4.98 Å². The highest BCUT2D eigenvalue weighted by molar-refractivity contribution is 6.31. The van der Waals surface area contributed by atoms with Crippen LogP contribution in [0.5, 0.6) is 0 Å². The van der Waals surface area contributed by atoms with E-state index in [9.17, 15) is 13.2 Å². The van der Waals surface area contributed by atoms with Gasteiger partial charge in [-0.15, -0.1) is 0 Å². The molecule has 0 fully saturated rings. The van der Waals surface area contributed by atoms with Crippen molar-refractivity contribution < 1.29 is 17.6 Å². The van der Waals surface area contributed by atoms with E-state index in [2.05, 4.69) is 4.98 Å². The van der Waals surface area contributed by atoms with Gasteiger partial charge in [0.1, 0.15) is 5.52 Å². The molecular weight excluding hydrogens is 305 g/mol. The number of halogens is 4. The summed E-state index contributed by atoms with van der Waals surface area (Å²) in [7, 11) is 0. The van der Waals surface area contributed by atoms with E-state index in [0.29, 0.717) is 16.3 Å². The predicted octanol–water partition coefficient (Wildman–Crippen LogP) is 4.75. The number of anilines is 1. The second-order valence-corrected chi connectivity index (χ2v) is 4.87. The Hall–Kier alpha value is -2.21. The van der Waals surface area contributed by atoms with E-state index in [0.717, 1.165) is 12.1 Å². The fourth-order valence-electron chi connectivity index (χ4n) is 1.95. The first-order valence-electron chi connectivity index (χ1n) is 5.88. The lowest BCUT2D eigenvalue weighted by atomic mass is 10.2. The first-order valence-corrected chi connectivity index (χ1v) is 6.25. The number of hydrogen-bond donors (Lipinski definition) is 1. The molecule has 2 aromatic carbocycles. The molecular formula is C14H8ClF3N2O. The summed E-state index contributed by atoms with van der Waals surface area (Å²) in [6.45, 7) is 0. The molecule has 3 nitrogen and oxygen atoms in total. The molecule has 0 unspecified atom stereocenters. The Labute approximate surface area is 122 Å². The van der Waals surface area contributed by atoms with Crippen LogP contribution in [0.1, 0.15) is 5.56 Å². The summed E-state index contributed by atoms with van der Waals surface area (Å²) in [4.78, 5) is 4.06. The summed E-state index contributed by atoms with van der Waals surface area (Å²) >= 11 is 5.80. The van der Waals surface area contributed by atoms with Gasteiger partial charge < -0.3 is 10.2 Å². The lowest BCUT2D eigenvalue weighted by Gasteiger charge is -2.04. The molecule has 3 rings (SSSR count). The summed E-state index contributed by atoms with van der Waals surface area (Å²) in [5.74, 6) is 0.151. The van der Waals surface area contributed by atoms with Gasteiger partial charge in [0.05, 0.1) is 11.1 Å². The van der Waals surface area contributed by atoms with E-state index in [-0.39, 0.29) is 17.0 Å². The molecule has 21 heavy (non-hydrogen) atoms. The van der Waals surface area contributed by atoms with Crippen molar-refractivity contribution in [3.63, 3.8) is 0 Å². The van der Waals surface area contributed by atoms with Crippen molar-refractivity contribution in [1.82, 2.24) is 4.98 Å². The minimum absolute atomic E-state index is 0.120. The second-order valence-electron chi connectivity index (χ2n) is 4.43. The highest BCUT2D eigenvalue weighted by atomic mass is 35.5. The Morgan fingerprint density at radius 2 is 1.86 bits per heavy atom. The van der Waals surface area contributed by atoms with Gasteiger partial charge in [-0.2, -0.15) is 13.2 Å². The Morgan fingerprint density at radius 3 is 2.52 bits per heavy atom. The van der Waals surface area contributed by atoms with Gasteiger partial charge in [-0.3, -0.25) is 0 Å². The zero-order chi connectivity index (χ0) is 15.2. The quantitative estimate of drug-likeness (QED) is 0.660. The Bertz CT molecular complexity index is 827. The minimum atomic E-state index is -4.42. The largest absolute Gasteiger partial charge is 0.436 e. The number of benzene rings is 2. The molecule has 2 N–H and O–H groups in total. The lowest BCUT2D eigenvalue weighted by molar-refractivity contribution is -0.137. The summed E-state index contributed by atoms with van der Waals surface area (Å²) in [6, 6.07) is 7.85. The van der Waals surface area contributed by atoms with Gasteiger partial charge in [-0.05, 0) is 36.4 Å². The van der Waals surface area contributed by atoms with Gasteiger partial charge in [0.2, 0.25) is 5.89 Å². The van der Waals surface area contributed by atoms with Crippen molar-refractivity contribution in [3.8, 4) is 11.5 Å². The van der Waals surface area contributed by atoms with Crippen molar-refractivity contribution in [1.29, 1.82) is 0 Å². The average Bonchev–Trinajstić information content (AvgIpc) is 2.79. The second kappa shape index (κ2) is 4.66. The molecule has 0 aliphatic heterocycles. The summed E-state index contributed by atoms with van der Waals surface area (Å²) in [6.07, 6.45) is -4.42. The van der Waals surface area contributed by atoms with Crippen LogP contribution in [0.3, 0.4) is 0 Å². The highest BCUT2D eigenvalue weighted by Gasteiger charge is 2.31. The van der Waals surface area contributed by atoms with Crippen LogP contribution < -0.4 is 5.73 Å². The average molecular weight is 313 g/mol. The van der Waals surface area contributed by atoms with E-state index in [1.165, 1.54) is 12.1 Å². The standard InChI is InChI=1S/C14H8ClF3N2O/c15-8-2-3-9(10(19)6-8)13-20-11-5-7(14(16,17)18)1-4-12(11)21-13/h1-6H,19H2. The molecule has 7 heteroatoms. The molecule has 0 saturated carbocycles. The Kier molecular flexibility index (Phi) is 3.06. The lowest BCUT2D eigenvalue weighted by Crippen LogP contribution is -2.03. The molecule has 0 atom stereocenters. The first kappa shape index (κ1) is 13.8. The van der Waals surface area contributed by atoms with Crippen LogP contribution in [0.25, 0.3) is 22.6 Å². The molecule has 0 amide bonds. The highest BCUT2D eigenvalue weighted by Crippen LogP contribution is 2.34. The number of nitrogens with zero attached hydrogens (tertiary/aromatic N) is 1. The Morgan fingerprint density at radius 1 is 1.10 bits per heavy atom. The van der Waals surface area contributed by atoms with E-state index in [1.807, 2.05) is 0 Å². The normalized spacial score (nSPS) is 12.0. The number of fused-ring (bicyclic) bond motifs is 1. The van der Waals surface area contributed by atoms with Gasteiger partial charge in [-0.1, -0.05) is 11.6 Å². The summed E-state index contributed by atoms with van der Waals surface area (Å²) in [5, 5.41) is 0.451. The molecule has 1 aromatic heterocycles. The van der Waals surface area contributed by atoms with Gasteiger partial charge in [0, 0.05) is 10.7 Å². The van der Waals surface area contributed by atoms with Gasteiger partial charge >= 0.3 is 6.18 Å². The van der Waals surface area contributed by atoms with Gasteiger partial charge in [0.15, 0.2) is 5.58 Å². The topological polar surface area (TPSA) is 52.0 Å². The third-order valence-electron chi connectivity index (χ3n) is 2.96. The number of rotatable bonds is 1. The molecule has 3 aromatic rings. The minimum Gasteiger partial charge on any atom is -0.436 e. The molecule has 1 heterocycles. The first-order chi connectivity index (χ1) is 9.84. The molecule has 0 bridgehead atoms. The van der Waals surface area contributed by atoms with Gasteiger partial charge in [-0.25, -0.2) is 4.98 Å². The fraction of sp³-hybridized carbons (Fsp3) is 0.0714. The van der Waals surface area contributed by atoms with Crippen molar-refractivity contribution in [3.05, 3.63) is 47.0 Å². The maximum atomic E-state index is 12.7. The van der Waals surface area contributed by atoms with Gasteiger partial charge in [0.25, 0.3) is 0 Å².